The normalized spacial score (nSPS) is 18.2. The van der Waals surface area contributed by atoms with Crippen molar-refractivity contribution in [1.82, 2.24) is 29.6 Å². The first-order chi connectivity index (χ1) is 25.4. The number of piperazine rings is 2. The smallest absolute Gasteiger partial charge is 0.378 e. The van der Waals surface area contributed by atoms with E-state index in [4.69, 9.17) is 4.74 Å². The van der Waals surface area contributed by atoms with E-state index in [0.29, 0.717) is 6.54 Å². The van der Waals surface area contributed by atoms with Crippen molar-refractivity contribution in [1.29, 1.82) is 0 Å². The van der Waals surface area contributed by atoms with Crippen molar-refractivity contribution >= 4 is 5.82 Å². The van der Waals surface area contributed by atoms with Gasteiger partial charge >= 0.3 is 6.18 Å². The van der Waals surface area contributed by atoms with Crippen molar-refractivity contribution in [3.05, 3.63) is 125 Å². The number of rotatable bonds is 11. The highest BCUT2D eigenvalue weighted by molar-refractivity contribution is 5.39. The fraction of sp³-hybridized carbons (Fsp3) is 0.463. The molecule has 0 unspecified atom stereocenters. The maximum absolute atomic E-state index is 12.5. The minimum absolute atomic E-state index is 0.650. The molecule has 0 N–H and O–H groups in total. The molecule has 7 rings (SSSR count). The SMILES string of the molecule is FC(F)(F)c1ccc(CN2CCN(CCc3ccccc3)CC2)cn1.c1ccc(CCN2CCN(Cc3ccc(N4CCOCC4)nc3)CC2)cc1. The molecule has 2 aromatic heterocycles. The van der Waals surface area contributed by atoms with Gasteiger partial charge in [0.2, 0.25) is 0 Å². The van der Waals surface area contributed by atoms with E-state index in [1.54, 1.807) is 0 Å². The number of hydrogen-bond donors (Lipinski definition) is 0. The van der Waals surface area contributed by atoms with E-state index in [2.05, 4.69) is 101 Å². The van der Waals surface area contributed by atoms with Gasteiger partial charge in [0.1, 0.15) is 11.5 Å². The van der Waals surface area contributed by atoms with Crippen LogP contribution in [0.5, 0.6) is 0 Å². The summed E-state index contributed by atoms with van der Waals surface area (Å²) >= 11 is 0. The number of anilines is 1. The lowest BCUT2D eigenvalue weighted by Gasteiger charge is -2.34. The van der Waals surface area contributed by atoms with Gasteiger partial charge in [0.15, 0.2) is 0 Å². The molecular formula is C41H52F3N7O. The number of aromatic nitrogens is 2. The summed E-state index contributed by atoms with van der Waals surface area (Å²) in [7, 11) is 0. The van der Waals surface area contributed by atoms with Crippen molar-refractivity contribution in [3.8, 4) is 0 Å². The molecule has 3 saturated heterocycles. The van der Waals surface area contributed by atoms with E-state index in [1.807, 2.05) is 12.3 Å². The fourth-order valence-corrected chi connectivity index (χ4v) is 6.90. The molecule has 8 nitrogen and oxygen atoms in total. The van der Waals surface area contributed by atoms with Crippen LogP contribution in [0.1, 0.15) is 27.9 Å². The molecule has 11 heteroatoms. The van der Waals surface area contributed by atoms with Gasteiger partial charge in [0.05, 0.1) is 13.2 Å². The van der Waals surface area contributed by atoms with E-state index < -0.39 is 11.9 Å². The Morgan fingerprint density at radius 2 is 0.962 bits per heavy atom. The molecule has 52 heavy (non-hydrogen) atoms. The molecule has 3 aliphatic heterocycles. The van der Waals surface area contributed by atoms with Crippen LogP contribution < -0.4 is 4.90 Å². The van der Waals surface area contributed by atoms with Crippen LogP contribution in [0.2, 0.25) is 0 Å². The third-order valence-corrected chi connectivity index (χ3v) is 10.1. The predicted octanol–water partition coefficient (Wildman–Crippen LogP) is 5.74. The highest BCUT2D eigenvalue weighted by Crippen LogP contribution is 2.27. The van der Waals surface area contributed by atoms with Gasteiger partial charge in [-0.3, -0.25) is 14.8 Å². The van der Waals surface area contributed by atoms with Gasteiger partial charge < -0.3 is 19.4 Å². The van der Waals surface area contributed by atoms with Gasteiger partial charge in [-0.1, -0.05) is 72.8 Å². The summed E-state index contributed by atoms with van der Waals surface area (Å²) in [6.07, 6.45) is 1.21. The molecule has 5 heterocycles. The van der Waals surface area contributed by atoms with E-state index in [9.17, 15) is 13.2 Å². The lowest BCUT2D eigenvalue weighted by Crippen LogP contribution is -2.46. The Bertz CT molecular complexity index is 1570. The average Bonchev–Trinajstić information content (AvgIpc) is 3.19. The van der Waals surface area contributed by atoms with E-state index in [-0.39, 0.29) is 0 Å². The Kier molecular flexibility index (Phi) is 14.0. The minimum atomic E-state index is -4.37. The van der Waals surface area contributed by atoms with Crippen LogP contribution in [-0.4, -0.2) is 121 Å². The molecule has 0 amide bonds. The molecule has 2 aromatic carbocycles. The summed E-state index contributed by atoms with van der Waals surface area (Å²) in [5.74, 6) is 1.08. The zero-order valence-electron chi connectivity index (χ0n) is 30.1. The van der Waals surface area contributed by atoms with Crippen molar-refractivity contribution in [3.63, 3.8) is 0 Å². The van der Waals surface area contributed by atoms with Gasteiger partial charge in [-0.25, -0.2) is 4.98 Å². The van der Waals surface area contributed by atoms with Gasteiger partial charge in [0, 0.05) is 104 Å². The van der Waals surface area contributed by atoms with Crippen LogP contribution in [0.4, 0.5) is 19.0 Å². The van der Waals surface area contributed by atoms with Crippen LogP contribution in [0.25, 0.3) is 0 Å². The second kappa shape index (κ2) is 19.3. The molecule has 0 saturated carbocycles. The number of alkyl halides is 3. The molecular weight excluding hydrogens is 663 g/mol. The Morgan fingerprint density at radius 3 is 1.38 bits per heavy atom. The highest BCUT2D eigenvalue weighted by atomic mass is 19.4. The van der Waals surface area contributed by atoms with Crippen LogP contribution >= 0.6 is 0 Å². The first-order valence-corrected chi connectivity index (χ1v) is 18.6. The third-order valence-electron chi connectivity index (χ3n) is 10.1. The first-order valence-electron chi connectivity index (χ1n) is 18.6. The molecule has 3 aliphatic rings. The summed E-state index contributed by atoms with van der Waals surface area (Å²) < 4.78 is 43.0. The number of halogens is 3. The van der Waals surface area contributed by atoms with E-state index >= 15 is 0 Å². The lowest BCUT2D eigenvalue weighted by molar-refractivity contribution is -0.141. The summed E-state index contributed by atoms with van der Waals surface area (Å²) in [5, 5.41) is 0. The average molecular weight is 716 g/mol. The summed E-state index contributed by atoms with van der Waals surface area (Å²) in [6.45, 7) is 15.8. The maximum atomic E-state index is 12.5. The molecule has 0 aliphatic carbocycles. The van der Waals surface area contributed by atoms with E-state index in [0.717, 1.165) is 129 Å². The molecule has 278 valence electrons. The number of benzene rings is 2. The Hall–Kier alpha value is -3.87. The number of hydrogen-bond acceptors (Lipinski definition) is 8. The summed E-state index contributed by atoms with van der Waals surface area (Å²) in [5.41, 5.74) is 4.09. The Balaban J connectivity index is 0.000000179. The molecule has 0 radical (unpaired) electrons. The standard InChI is InChI=1S/C22H30N4O.C19H22F3N3/c1-2-4-20(5-3-1)8-9-24-10-12-25(13-11-24)19-21-6-7-22(23-18-21)26-14-16-27-17-15-26;20-19(21,22)18-7-6-17(14-23-18)15-25-12-10-24(11-13-25)9-8-16-4-2-1-3-5-16/h1-7,18H,8-17,19H2;1-7,14H,8-13,15H2. The Labute approximate surface area is 306 Å². The first kappa shape index (κ1) is 37.9. The van der Waals surface area contributed by atoms with Gasteiger partial charge in [-0.05, 0) is 47.2 Å². The van der Waals surface area contributed by atoms with Crippen molar-refractivity contribution in [2.75, 3.05) is 96.7 Å². The lowest BCUT2D eigenvalue weighted by atomic mass is 10.1. The monoisotopic (exact) mass is 715 g/mol. The molecule has 0 spiro atoms. The molecule has 0 atom stereocenters. The second-order valence-corrected chi connectivity index (χ2v) is 13.9. The third kappa shape index (κ3) is 12.1. The number of morpholine rings is 1. The van der Waals surface area contributed by atoms with Crippen molar-refractivity contribution < 1.29 is 17.9 Å². The minimum Gasteiger partial charge on any atom is -0.378 e. The van der Waals surface area contributed by atoms with Gasteiger partial charge in [-0.15, -0.1) is 0 Å². The summed E-state index contributed by atoms with van der Waals surface area (Å²) in [4.78, 5) is 20.4. The Morgan fingerprint density at radius 1 is 0.500 bits per heavy atom. The van der Waals surface area contributed by atoms with Crippen LogP contribution in [-0.2, 0) is 36.8 Å². The van der Waals surface area contributed by atoms with Crippen LogP contribution in [0, 0.1) is 0 Å². The van der Waals surface area contributed by atoms with Crippen molar-refractivity contribution in [2.45, 2.75) is 32.1 Å². The topological polar surface area (TPSA) is 51.2 Å². The number of ether oxygens (including phenoxy) is 1. The zero-order valence-corrected chi connectivity index (χ0v) is 30.1. The zero-order chi connectivity index (χ0) is 36.0. The number of pyridine rings is 2. The predicted molar refractivity (Wildman–Crippen MR) is 200 cm³/mol. The van der Waals surface area contributed by atoms with Gasteiger partial charge in [-0.2, -0.15) is 13.2 Å². The quantitative estimate of drug-likeness (QED) is 0.195. The fourth-order valence-electron chi connectivity index (χ4n) is 6.90. The second-order valence-electron chi connectivity index (χ2n) is 13.9. The number of nitrogens with zero attached hydrogens (tertiary/aromatic N) is 7. The maximum Gasteiger partial charge on any atom is 0.433 e. The van der Waals surface area contributed by atoms with Crippen LogP contribution in [0.15, 0.2) is 97.3 Å². The van der Waals surface area contributed by atoms with Crippen molar-refractivity contribution in [2.24, 2.45) is 0 Å². The largest absolute Gasteiger partial charge is 0.433 e. The van der Waals surface area contributed by atoms with Gasteiger partial charge in [0.25, 0.3) is 0 Å². The highest BCUT2D eigenvalue weighted by Gasteiger charge is 2.32. The summed E-state index contributed by atoms with van der Waals surface area (Å²) in [6, 6.07) is 28.2. The van der Waals surface area contributed by atoms with Crippen LogP contribution in [0.3, 0.4) is 0 Å². The molecule has 0 bridgehead atoms. The molecule has 3 fully saturated rings. The van der Waals surface area contributed by atoms with E-state index in [1.165, 1.54) is 29.0 Å². The molecule has 4 aromatic rings.